The van der Waals surface area contributed by atoms with E-state index in [0.29, 0.717) is 5.88 Å². The molecule has 0 radical (unpaired) electrons. The number of aryl methyl sites for hydroxylation is 1. The van der Waals surface area contributed by atoms with Crippen molar-refractivity contribution in [3.63, 3.8) is 0 Å². The Morgan fingerprint density at radius 2 is 2.00 bits per heavy atom. The van der Waals surface area contributed by atoms with E-state index in [1.807, 2.05) is 39.1 Å². The molecular weight excluding hydrogens is 264 g/mol. The molecule has 1 N–H and O–H groups in total. The van der Waals surface area contributed by atoms with Crippen molar-refractivity contribution in [2.45, 2.75) is 58.6 Å². The number of allylic oxidation sites excluding steroid dienone is 1. The fourth-order valence-electron chi connectivity index (χ4n) is 2.52. The zero-order chi connectivity index (χ0) is 15.2. The summed E-state index contributed by atoms with van der Waals surface area (Å²) < 4.78 is 5.89. The molecule has 1 fully saturated rings. The van der Waals surface area contributed by atoms with Gasteiger partial charge in [0.15, 0.2) is 0 Å². The van der Waals surface area contributed by atoms with Crippen LogP contribution in [0.4, 0.5) is 0 Å². The van der Waals surface area contributed by atoms with E-state index in [2.05, 4.69) is 10.3 Å². The van der Waals surface area contributed by atoms with Crippen LogP contribution in [0.3, 0.4) is 0 Å². The first kappa shape index (κ1) is 15.5. The molecule has 1 aliphatic rings. The highest BCUT2D eigenvalue weighted by Crippen LogP contribution is 2.23. The van der Waals surface area contributed by atoms with Crippen molar-refractivity contribution in [2.75, 3.05) is 0 Å². The average Bonchev–Trinajstić information content (AvgIpc) is 2.42. The number of rotatable bonds is 4. The summed E-state index contributed by atoms with van der Waals surface area (Å²) in [6.07, 6.45) is 7.50. The molecule has 0 aliphatic heterocycles. The fourth-order valence-corrected chi connectivity index (χ4v) is 2.52. The smallest absolute Gasteiger partial charge is 0.244 e. The monoisotopic (exact) mass is 288 g/mol. The van der Waals surface area contributed by atoms with Gasteiger partial charge in [0.1, 0.15) is 6.10 Å². The highest BCUT2D eigenvalue weighted by molar-refractivity contribution is 5.88. The largest absolute Gasteiger partial charge is 0.474 e. The van der Waals surface area contributed by atoms with E-state index < -0.39 is 0 Å². The van der Waals surface area contributed by atoms with Gasteiger partial charge in [0.2, 0.25) is 11.8 Å². The van der Waals surface area contributed by atoms with E-state index in [-0.39, 0.29) is 18.1 Å². The number of carbonyl (C=O) groups excluding carboxylic acids is 1. The summed E-state index contributed by atoms with van der Waals surface area (Å²) in [7, 11) is 0. The van der Waals surface area contributed by atoms with Gasteiger partial charge in [-0.1, -0.05) is 11.6 Å². The third-order valence-corrected chi connectivity index (χ3v) is 3.61. The number of nitrogens with zero attached hydrogens (tertiary/aromatic N) is 1. The fraction of sp³-hybridized carbons (Fsp3) is 0.529. The number of amides is 1. The molecule has 1 aromatic rings. The van der Waals surface area contributed by atoms with Crippen molar-refractivity contribution < 1.29 is 9.53 Å². The molecule has 1 saturated carbocycles. The SMILES string of the molecule is CC(C)=CC(=O)NC1CCC(Oc2ccc(C)cn2)CC1. The van der Waals surface area contributed by atoms with Gasteiger partial charge < -0.3 is 10.1 Å². The van der Waals surface area contributed by atoms with Gasteiger partial charge in [-0.25, -0.2) is 4.98 Å². The summed E-state index contributed by atoms with van der Waals surface area (Å²) >= 11 is 0. The molecule has 0 bridgehead atoms. The van der Waals surface area contributed by atoms with Gasteiger partial charge in [-0.2, -0.15) is 0 Å². The van der Waals surface area contributed by atoms with Crippen LogP contribution in [0.5, 0.6) is 5.88 Å². The van der Waals surface area contributed by atoms with Crippen LogP contribution in [-0.2, 0) is 4.79 Å². The molecule has 21 heavy (non-hydrogen) atoms. The zero-order valence-electron chi connectivity index (χ0n) is 13.1. The number of carbonyl (C=O) groups is 1. The van der Waals surface area contributed by atoms with Gasteiger partial charge in [0.05, 0.1) is 0 Å². The number of pyridine rings is 1. The maximum atomic E-state index is 11.7. The lowest BCUT2D eigenvalue weighted by Crippen LogP contribution is -2.39. The van der Waals surface area contributed by atoms with Crippen molar-refractivity contribution in [3.05, 3.63) is 35.5 Å². The zero-order valence-corrected chi connectivity index (χ0v) is 13.1. The van der Waals surface area contributed by atoms with Crippen molar-refractivity contribution in [1.82, 2.24) is 10.3 Å². The average molecular weight is 288 g/mol. The Labute approximate surface area is 126 Å². The second kappa shape index (κ2) is 7.25. The van der Waals surface area contributed by atoms with Crippen LogP contribution >= 0.6 is 0 Å². The molecule has 2 rings (SSSR count). The Hall–Kier alpha value is -1.84. The van der Waals surface area contributed by atoms with Crippen molar-refractivity contribution in [3.8, 4) is 5.88 Å². The predicted octanol–water partition coefficient (Wildman–Crippen LogP) is 3.16. The molecule has 0 aromatic carbocycles. The highest BCUT2D eigenvalue weighted by atomic mass is 16.5. The molecule has 0 spiro atoms. The van der Waals surface area contributed by atoms with Gasteiger partial charge in [-0.15, -0.1) is 0 Å². The molecule has 4 heteroatoms. The van der Waals surface area contributed by atoms with Crippen molar-refractivity contribution in [1.29, 1.82) is 0 Å². The molecule has 4 nitrogen and oxygen atoms in total. The Morgan fingerprint density at radius 3 is 2.57 bits per heavy atom. The van der Waals surface area contributed by atoms with E-state index in [4.69, 9.17) is 4.74 Å². The third kappa shape index (κ3) is 5.21. The number of ether oxygens (including phenoxy) is 1. The molecule has 0 atom stereocenters. The van der Waals surface area contributed by atoms with E-state index >= 15 is 0 Å². The van der Waals surface area contributed by atoms with Crippen LogP contribution < -0.4 is 10.1 Å². The van der Waals surface area contributed by atoms with Gasteiger partial charge in [0, 0.05) is 24.4 Å². The number of aromatic nitrogens is 1. The molecular formula is C17H24N2O2. The van der Waals surface area contributed by atoms with Crippen LogP contribution in [0.2, 0.25) is 0 Å². The summed E-state index contributed by atoms with van der Waals surface area (Å²) in [5.41, 5.74) is 2.16. The van der Waals surface area contributed by atoms with E-state index in [1.54, 1.807) is 6.08 Å². The summed E-state index contributed by atoms with van der Waals surface area (Å²) in [5.74, 6) is 0.706. The highest BCUT2D eigenvalue weighted by Gasteiger charge is 2.23. The molecule has 1 aromatic heterocycles. The molecule has 114 valence electrons. The normalized spacial score (nSPS) is 21.5. The van der Waals surface area contributed by atoms with Gasteiger partial charge in [-0.3, -0.25) is 4.79 Å². The Balaban J connectivity index is 1.76. The van der Waals surface area contributed by atoms with Gasteiger partial charge >= 0.3 is 0 Å². The van der Waals surface area contributed by atoms with Crippen LogP contribution in [-0.4, -0.2) is 23.0 Å². The molecule has 0 unspecified atom stereocenters. The lowest BCUT2D eigenvalue weighted by molar-refractivity contribution is -0.117. The lowest BCUT2D eigenvalue weighted by atomic mass is 9.93. The third-order valence-electron chi connectivity index (χ3n) is 3.61. The van der Waals surface area contributed by atoms with E-state index in [0.717, 1.165) is 36.8 Å². The molecule has 1 amide bonds. The Morgan fingerprint density at radius 1 is 1.29 bits per heavy atom. The standard InChI is InChI=1S/C17H24N2O2/c1-12(2)10-16(20)19-14-5-7-15(8-6-14)21-17-9-4-13(3)11-18-17/h4,9-11,14-15H,5-8H2,1-3H3,(H,19,20). The maximum Gasteiger partial charge on any atom is 0.244 e. The summed E-state index contributed by atoms with van der Waals surface area (Å²) in [6.45, 7) is 5.87. The molecule has 1 aliphatic carbocycles. The van der Waals surface area contributed by atoms with E-state index in [9.17, 15) is 4.79 Å². The second-order valence-electron chi connectivity index (χ2n) is 6.00. The Bertz CT molecular complexity index is 496. The van der Waals surface area contributed by atoms with Crippen molar-refractivity contribution in [2.24, 2.45) is 0 Å². The van der Waals surface area contributed by atoms with Gasteiger partial charge in [-0.05, 0) is 52.0 Å². The lowest BCUT2D eigenvalue weighted by Gasteiger charge is -2.29. The van der Waals surface area contributed by atoms with Crippen LogP contribution in [0.15, 0.2) is 30.0 Å². The first-order valence-corrected chi connectivity index (χ1v) is 7.57. The topological polar surface area (TPSA) is 51.2 Å². The first-order chi connectivity index (χ1) is 10.0. The Kier molecular flexibility index (Phi) is 5.37. The quantitative estimate of drug-likeness (QED) is 0.866. The minimum absolute atomic E-state index is 0.0135. The minimum Gasteiger partial charge on any atom is -0.474 e. The second-order valence-corrected chi connectivity index (χ2v) is 6.00. The van der Waals surface area contributed by atoms with E-state index in [1.165, 1.54) is 0 Å². The molecule has 1 heterocycles. The summed E-state index contributed by atoms with van der Waals surface area (Å²) in [5, 5.41) is 3.06. The first-order valence-electron chi connectivity index (χ1n) is 7.57. The van der Waals surface area contributed by atoms with Gasteiger partial charge in [0.25, 0.3) is 0 Å². The summed E-state index contributed by atoms with van der Waals surface area (Å²) in [6, 6.07) is 4.19. The predicted molar refractivity (Wildman–Crippen MR) is 83.2 cm³/mol. The minimum atomic E-state index is 0.0135. The van der Waals surface area contributed by atoms with Crippen molar-refractivity contribution >= 4 is 5.91 Å². The van der Waals surface area contributed by atoms with Crippen LogP contribution in [0.25, 0.3) is 0 Å². The van der Waals surface area contributed by atoms with Crippen LogP contribution in [0.1, 0.15) is 45.1 Å². The number of nitrogens with one attached hydrogen (secondary N) is 1. The summed E-state index contributed by atoms with van der Waals surface area (Å²) in [4.78, 5) is 16.0. The maximum absolute atomic E-state index is 11.7. The number of hydrogen-bond acceptors (Lipinski definition) is 3. The molecule has 0 saturated heterocycles. The van der Waals surface area contributed by atoms with Crippen LogP contribution in [0, 0.1) is 6.92 Å². The number of hydrogen-bond donors (Lipinski definition) is 1.